The van der Waals surface area contributed by atoms with E-state index in [1.165, 1.54) is 6.42 Å². The van der Waals surface area contributed by atoms with Crippen LogP contribution in [-0.4, -0.2) is 20.7 Å². The second-order valence-corrected chi connectivity index (χ2v) is 12.7. The molecule has 1 aliphatic carbocycles. The van der Waals surface area contributed by atoms with E-state index in [2.05, 4.69) is 40.8 Å². The van der Waals surface area contributed by atoms with Gasteiger partial charge in [-0.3, -0.25) is 4.79 Å². The Kier molecular flexibility index (Phi) is 5.41. The second kappa shape index (κ2) is 6.09. The first kappa shape index (κ1) is 16.9. The van der Waals surface area contributed by atoms with E-state index in [1.807, 2.05) is 0 Å². The van der Waals surface area contributed by atoms with Crippen molar-refractivity contribution in [2.24, 2.45) is 5.41 Å². The quantitative estimate of drug-likeness (QED) is 0.528. The molecule has 1 aliphatic rings. The van der Waals surface area contributed by atoms with Crippen LogP contribution < -0.4 is 0 Å². The van der Waals surface area contributed by atoms with Gasteiger partial charge in [-0.2, -0.15) is 0 Å². The highest BCUT2D eigenvalue weighted by Gasteiger charge is 2.38. The molecule has 1 atom stereocenters. The summed E-state index contributed by atoms with van der Waals surface area (Å²) < 4.78 is 6.19. The number of carbonyl (C=O) groups excluding carboxylic acids is 1. The molecule has 0 aromatic heterocycles. The zero-order valence-corrected chi connectivity index (χ0v) is 14.8. The predicted molar refractivity (Wildman–Crippen MR) is 84.0 cm³/mol. The van der Waals surface area contributed by atoms with Crippen molar-refractivity contribution >= 4 is 14.1 Å². The highest BCUT2D eigenvalue weighted by molar-refractivity contribution is 6.74. The molecule has 2 nitrogen and oxygen atoms in total. The van der Waals surface area contributed by atoms with Crippen LogP contribution in [-0.2, 0) is 9.22 Å². The van der Waals surface area contributed by atoms with E-state index >= 15 is 0 Å². The maximum atomic E-state index is 12.0. The largest absolute Gasteiger partial charge is 0.417 e. The Morgan fingerprint density at radius 1 is 1.26 bits per heavy atom. The van der Waals surface area contributed by atoms with Crippen LogP contribution in [0.1, 0.15) is 66.2 Å². The van der Waals surface area contributed by atoms with Crippen molar-refractivity contribution in [1.82, 2.24) is 0 Å². The maximum Gasteiger partial charge on any atom is 0.191 e. The van der Waals surface area contributed by atoms with Crippen LogP contribution in [0, 0.1) is 5.41 Å². The molecule has 0 aromatic carbocycles. The Balaban J connectivity index is 2.37. The first-order valence-corrected chi connectivity index (χ1v) is 10.7. The smallest absolute Gasteiger partial charge is 0.191 e. The van der Waals surface area contributed by atoms with Crippen molar-refractivity contribution in [1.29, 1.82) is 0 Å². The standard InChI is InChI=1S/C16H32O2Si/c1-15(2,3)19(5,6)18-13-9-12-16(4)11-8-7-10-14(16)17/h7-13H2,1-6H3/t16-/m1/s1. The Morgan fingerprint density at radius 3 is 2.42 bits per heavy atom. The molecule has 0 amide bonds. The molecule has 0 radical (unpaired) electrons. The number of hydrogen-bond donors (Lipinski definition) is 0. The zero-order valence-electron chi connectivity index (χ0n) is 13.8. The van der Waals surface area contributed by atoms with E-state index < -0.39 is 8.32 Å². The van der Waals surface area contributed by atoms with Gasteiger partial charge < -0.3 is 4.43 Å². The minimum absolute atomic E-state index is 0.0605. The third-order valence-corrected chi connectivity index (χ3v) is 9.74. The van der Waals surface area contributed by atoms with Crippen molar-refractivity contribution in [3.05, 3.63) is 0 Å². The lowest BCUT2D eigenvalue weighted by atomic mass is 9.72. The van der Waals surface area contributed by atoms with Crippen LogP contribution >= 0.6 is 0 Å². The molecule has 1 saturated carbocycles. The molecule has 1 rings (SSSR count). The molecule has 0 spiro atoms. The van der Waals surface area contributed by atoms with Gasteiger partial charge in [0, 0.05) is 18.4 Å². The molecule has 3 heteroatoms. The average Bonchev–Trinajstić information content (AvgIpc) is 2.27. The van der Waals surface area contributed by atoms with Gasteiger partial charge in [0.15, 0.2) is 8.32 Å². The molecule has 0 aromatic rings. The Hall–Kier alpha value is -0.153. The molecule has 0 heterocycles. The van der Waals surface area contributed by atoms with Crippen LogP contribution in [0.3, 0.4) is 0 Å². The summed E-state index contributed by atoms with van der Waals surface area (Å²) in [5.41, 5.74) is -0.0605. The van der Waals surface area contributed by atoms with Gasteiger partial charge in [-0.05, 0) is 43.8 Å². The van der Waals surface area contributed by atoms with E-state index in [9.17, 15) is 4.79 Å². The first-order valence-electron chi connectivity index (χ1n) is 7.76. The number of carbonyl (C=O) groups is 1. The molecular weight excluding hydrogens is 252 g/mol. The van der Waals surface area contributed by atoms with Crippen molar-refractivity contribution in [3.63, 3.8) is 0 Å². The molecule has 0 bridgehead atoms. The summed E-state index contributed by atoms with van der Waals surface area (Å²) in [6.45, 7) is 14.4. The van der Waals surface area contributed by atoms with E-state index in [4.69, 9.17) is 4.43 Å². The van der Waals surface area contributed by atoms with E-state index in [-0.39, 0.29) is 10.5 Å². The van der Waals surface area contributed by atoms with Gasteiger partial charge in [0.05, 0.1) is 0 Å². The number of hydrogen-bond acceptors (Lipinski definition) is 2. The molecule has 112 valence electrons. The molecule has 0 aliphatic heterocycles. The van der Waals surface area contributed by atoms with Crippen molar-refractivity contribution < 1.29 is 9.22 Å². The summed E-state index contributed by atoms with van der Waals surface area (Å²) in [5, 5.41) is 0.275. The number of rotatable bonds is 5. The minimum atomic E-state index is -1.62. The van der Waals surface area contributed by atoms with E-state index in [1.54, 1.807) is 0 Å². The van der Waals surface area contributed by atoms with E-state index in [0.29, 0.717) is 5.78 Å². The summed E-state index contributed by atoms with van der Waals surface area (Å²) in [6.07, 6.45) is 6.20. The highest BCUT2D eigenvalue weighted by Crippen LogP contribution is 2.38. The van der Waals surface area contributed by atoms with E-state index in [0.717, 1.165) is 38.7 Å². The second-order valence-electron chi connectivity index (χ2n) is 7.90. The minimum Gasteiger partial charge on any atom is -0.417 e. The molecule has 0 N–H and O–H groups in total. The summed E-state index contributed by atoms with van der Waals surface area (Å²) in [6, 6.07) is 0. The fourth-order valence-electron chi connectivity index (χ4n) is 2.51. The Labute approximate surface area is 120 Å². The van der Waals surface area contributed by atoms with Crippen molar-refractivity contribution in [3.8, 4) is 0 Å². The fraction of sp³-hybridized carbons (Fsp3) is 0.938. The summed E-state index contributed by atoms with van der Waals surface area (Å²) in [7, 11) is -1.62. The van der Waals surface area contributed by atoms with Gasteiger partial charge >= 0.3 is 0 Å². The highest BCUT2D eigenvalue weighted by atomic mass is 28.4. The van der Waals surface area contributed by atoms with Crippen molar-refractivity contribution in [2.75, 3.05) is 6.61 Å². The van der Waals surface area contributed by atoms with Crippen molar-refractivity contribution in [2.45, 2.75) is 84.4 Å². The summed E-state index contributed by atoms with van der Waals surface area (Å²) in [5.74, 6) is 0.478. The normalized spacial score (nSPS) is 25.7. The van der Waals surface area contributed by atoms with Gasteiger partial charge in [-0.1, -0.05) is 34.1 Å². The summed E-state index contributed by atoms with van der Waals surface area (Å²) >= 11 is 0. The lowest BCUT2D eigenvalue weighted by Gasteiger charge is -2.37. The van der Waals surface area contributed by atoms with Crippen LogP contribution in [0.15, 0.2) is 0 Å². The van der Waals surface area contributed by atoms with Crippen LogP contribution in [0.4, 0.5) is 0 Å². The van der Waals surface area contributed by atoms with Gasteiger partial charge in [0.2, 0.25) is 0 Å². The monoisotopic (exact) mass is 284 g/mol. The fourth-order valence-corrected chi connectivity index (χ4v) is 3.60. The lowest BCUT2D eigenvalue weighted by Crippen LogP contribution is -2.41. The van der Waals surface area contributed by atoms with Gasteiger partial charge in [-0.25, -0.2) is 0 Å². The third-order valence-electron chi connectivity index (χ3n) is 5.20. The summed E-state index contributed by atoms with van der Waals surface area (Å²) in [4.78, 5) is 12.0. The molecular formula is C16H32O2Si. The topological polar surface area (TPSA) is 26.3 Å². The van der Waals surface area contributed by atoms with Gasteiger partial charge in [0.25, 0.3) is 0 Å². The molecule has 0 unspecified atom stereocenters. The third kappa shape index (κ3) is 4.42. The maximum absolute atomic E-state index is 12.0. The van der Waals surface area contributed by atoms with Crippen LogP contribution in [0.25, 0.3) is 0 Å². The first-order chi connectivity index (χ1) is 8.58. The number of Topliss-reactive ketones (excluding diaryl/α,β-unsaturated/α-hetero) is 1. The van der Waals surface area contributed by atoms with Crippen LogP contribution in [0.5, 0.6) is 0 Å². The Bertz CT molecular complexity index is 317. The molecule has 19 heavy (non-hydrogen) atoms. The van der Waals surface area contributed by atoms with Crippen LogP contribution in [0.2, 0.25) is 18.1 Å². The lowest BCUT2D eigenvalue weighted by molar-refractivity contribution is -0.130. The zero-order chi connectivity index (χ0) is 14.7. The molecule has 0 saturated heterocycles. The number of ketones is 1. The molecule has 1 fully saturated rings. The Morgan fingerprint density at radius 2 is 1.89 bits per heavy atom. The van der Waals surface area contributed by atoms with Gasteiger partial charge in [0.1, 0.15) is 5.78 Å². The predicted octanol–water partition coefficient (Wildman–Crippen LogP) is 4.94. The average molecular weight is 285 g/mol. The van der Waals surface area contributed by atoms with Gasteiger partial charge in [-0.15, -0.1) is 0 Å². The SMILES string of the molecule is CC(C)(C)[Si](C)(C)OCCC[C@@]1(C)CCCCC1=O.